The van der Waals surface area contributed by atoms with E-state index in [-0.39, 0.29) is 17.9 Å². The maximum Gasteiger partial charge on any atom is 0.249 e. The fourth-order valence-electron chi connectivity index (χ4n) is 3.62. The number of carbonyl (C=O) groups is 2. The van der Waals surface area contributed by atoms with Crippen LogP contribution in [0, 0.1) is 0 Å². The van der Waals surface area contributed by atoms with Crippen molar-refractivity contribution in [3.05, 3.63) is 60.2 Å². The molecule has 0 spiro atoms. The molecule has 0 aromatic heterocycles. The molecule has 0 unspecified atom stereocenters. The van der Waals surface area contributed by atoms with E-state index >= 15 is 0 Å². The van der Waals surface area contributed by atoms with E-state index in [1.807, 2.05) is 54.6 Å². The minimum Gasteiger partial charge on any atom is -0.486 e. The molecular formula is C20H20N2O3. The van der Waals surface area contributed by atoms with Crippen molar-refractivity contribution in [2.24, 2.45) is 0 Å². The molecule has 25 heavy (non-hydrogen) atoms. The number of nitrogens with zero attached hydrogens (tertiary/aromatic N) is 2. The summed E-state index contributed by atoms with van der Waals surface area (Å²) in [5.74, 6) is 0.605. The van der Waals surface area contributed by atoms with Crippen LogP contribution in [0.1, 0.15) is 12.0 Å². The number of ether oxygens (including phenoxy) is 1. The van der Waals surface area contributed by atoms with Gasteiger partial charge in [0.2, 0.25) is 11.8 Å². The van der Waals surface area contributed by atoms with Gasteiger partial charge in [0.15, 0.2) is 0 Å². The van der Waals surface area contributed by atoms with Gasteiger partial charge in [0.05, 0.1) is 18.7 Å². The van der Waals surface area contributed by atoms with Crippen LogP contribution in [0.25, 0.3) is 0 Å². The molecule has 2 aromatic carbocycles. The standard InChI is InChI=1S/C20H20N2O3/c1-21-16-9-5-6-10-18(16)25-15-12-17(20(21)24)22(13-15)19(23)11-14-7-3-2-4-8-14/h2-10,15,17H,11-13H2,1H3/t15-,17-/m0/s1. The van der Waals surface area contributed by atoms with Crippen LogP contribution in [0.15, 0.2) is 54.6 Å². The van der Waals surface area contributed by atoms with Crippen molar-refractivity contribution in [2.45, 2.75) is 25.0 Å². The van der Waals surface area contributed by atoms with Crippen LogP contribution < -0.4 is 9.64 Å². The Labute approximate surface area is 146 Å². The van der Waals surface area contributed by atoms with Crippen LogP contribution in [-0.2, 0) is 16.0 Å². The van der Waals surface area contributed by atoms with Crippen LogP contribution in [0.2, 0.25) is 0 Å². The van der Waals surface area contributed by atoms with Gasteiger partial charge in [-0.3, -0.25) is 9.59 Å². The van der Waals surface area contributed by atoms with Crippen LogP contribution in [0.5, 0.6) is 5.75 Å². The number of fused-ring (bicyclic) bond motifs is 3. The Hall–Kier alpha value is -2.82. The van der Waals surface area contributed by atoms with Gasteiger partial charge in [0, 0.05) is 13.5 Å². The smallest absolute Gasteiger partial charge is 0.249 e. The van der Waals surface area contributed by atoms with Crippen molar-refractivity contribution in [1.29, 1.82) is 0 Å². The second-order valence-electron chi connectivity index (χ2n) is 6.56. The second-order valence-corrected chi connectivity index (χ2v) is 6.56. The molecule has 2 heterocycles. The number of carbonyl (C=O) groups excluding carboxylic acids is 2. The summed E-state index contributed by atoms with van der Waals surface area (Å²) >= 11 is 0. The number of likely N-dealkylation sites (tertiary alicyclic amines) is 1. The highest BCUT2D eigenvalue weighted by Gasteiger charge is 2.43. The summed E-state index contributed by atoms with van der Waals surface area (Å²) in [5.41, 5.74) is 1.70. The molecule has 0 aliphatic carbocycles. The lowest BCUT2D eigenvalue weighted by molar-refractivity contribution is -0.136. The summed E-state index contributed by atoms with van der Waals surface area (Å²) in [7, 11) is 1.74. The first-order valence-electron chi connectivity index (χ1n) is 8.50. The molecule has 2 amide bonds. The van der Waals surface area contributed by atoms with E-state index in [1.54, 1.807) is 16.8 Å². The van der Waals surface area contributed by atoms with E-state index in [2.05, 4.69) is 0 Å². The molecule has 0 radical (unpaired) electrons. The SMILES string of the molecule is CN1C(=O)[C@@H]2C[C@@H](CN2C(=O)Cc2ccccc2)Oc2ccccc21. The molecule has 5 heteroatoms. The number of amides is 2. The molecule has 4 rings (SSSR count). The number of rotatable bonds is 2. The fraction of sp³-hybridized carbons (Fsp3) is 0.300. The first kappa shape index (κ1) is 15.7. The first-order valence-corrected chi connectivity index (χ1v) is 8.50. The van der Waals surface area contributed by atoms with Gasteiger partial charge in [-0.1, -0.05) is 42.5 Å². The minimum absolute atomic E-state index is 0.0324. The van der Waals surface area contributed by atoms with E-state index in [4.69, 9.17) is 4.74 Å². The Morgan fingerprint density at radius 3 is 2.64 bits per heavy atom. The normalized spacial score (nSPS) is 22.0. The largest absolute Gasteiger partial charge is 0.486 e. The van der Waals surface area contributed by atoms with Gasteiger partial charge < -0.3 is 14.5 Å². The van der Waals surface area contributed by atoms with E-state index in [0.717, 1.165) is 11.3 Å². The first-order chi connectivity index (χ1) is 12.1. The highest BCUT2D eigenvalue weighted by Crippen LogP contribution is 2.35. The van der Waals surface area contributed by atoms with Crippen molar-refractivity contribution in [3.63, 3.8) is 0 Å². The second kappa shape index (κ2) is 6.24. The third-order valence-electron chi connectivity index (χ3n) is 4.92. The average Bonchev–Trinajstić information content (AvgIpc) is 3.06. The number of likely N-dealkylation sites (N-methyl/N-ethyl adjacent to an activating group) is 1. The Morgan fingerprint density at radius 1 is 1.12 bits per heavy atom. The lowest BCUT2D eigenvalue weighted by atomic mass is 10.1. The van der Waals surface area contributed by atoms with Crippen LogP contribution in [0.3, 0.4) is 0 Å². The summed E-state index contributed by atoms with van der Waals surface area (Å²) in [6.07, 6.45) is 0.690. The minimum atomic E-state index is -0.459. The van der Waals surface area contributed by atoms with Gasteiger partial charge in [-0.25, -0.2) is 0 Å². The lowest BCUT2D eigenvalue weighted by Crippen LogP contribution is -2.47. The Balaban J connectivity index is 1.60. The van der Waals surface area contributed by atoms with E-state index < -0.39 is 6.04 Å². The highest BCUT2D eigenvalue weighted by molar-refractivity contribution is 6.00. The number of benzene rings is 2. The van der Waals surface area contributed by atoms with Gasteiger partial charge in [-0.05, 0) is 17.7 Å². The maximum atomic E-state index is 13.0. The molecule has 2 aliphatic rings. The topological polar surface area (TPSA) is 49.9 Å². The number of anilines is 1. The summed E-state index contributed by atoms with van der Waals surface area (Å²) < 4.78 is 6.09. The van der Waals surface area contributed by atoms with E-state index in [1.165, 1.54) is 0 Å². The van der Waals surface area contributed by atoms with Gasteiger partial charge in [-0.15, -0.1) is 0 Å². The molecule has 1 saturated heterocycles. The molecule has 1 fully saturated rings. The zero-order chi connectivity index (χ0) is 17.4. The van der Waals surface area contributed by atoms with Gasteiger partial charge in [0.25, 0.3) is 0 Å². The third-order valence-corrected chi connectivity index (χ3v) is 4.92. The highest BCUT2D eigenvalue weighted by atomic mass is 16.5. The zero-order valence-electron chi connectivity index (χ0n) is 14.1. The molecule has 2 aliphatic heterocycles. The van der Waals surface area contributed by atoms with E-state index in [0.29, 0.717) is 25.1 Å². The average molecular weight is 336 g/mol. The molecule has 2 bridgehead atoms. The Kier molecular flexibility index (Phi) is 3.92. The number of hydrogen-bond acceptors (Lipinski definition) is 3. The van der Waals surface area contributed by atoms with Crippen LogP contribution >= 0.6 is 0 Å². The maximum absolute atomic E-state index is 13.0. The predicted molar refractivity (Wildman–Crippen MR) is 94.5 cm³/mol. The quantitative estimate of drug-likeness (QED) is 0.845. The van der Waals surface area contributed by atoms with Crippen LogP contribution in [-0.4, -0.2) is 42.5 Å². The Morgan fingerprint density at radius 2 is 1.84 bits per heavy atom. The van der Waals surface area contributed by atoms with E-state index in [9.17, 15) is 9.59 Å². The van der Waals surface area contributed by atoms with Gasteiger partial charge >= 0.3 is 0 Å². The molecule has 128 valence electrons. The van der Waals surface area contributed by atoms with Crippen molar-refractivity contribution in [3.8, 4) is 5.75 Å². The molecule has 2 aromatic rings. The molecule has 5 nitrogen and oxygen atoms in total. The zero-order valence-corrected chi connectivity index (χ0v) is 14.1. The van der Waals surface area contributed by atoms with Crippen molar-refractivity contribution >= 4 is 17.5 Å². The summed E-state index contributed by atoms with van der Waals surface area (Å²) in [5, 5.41) is 0. The van der Waals surface area contributed by atoms with Crippen molar-refractivity contribution in [2.75, 3.05) is 18.5 Å². The monoisotopic (exact) mass is 336 g/mol. The molecule has 0 saturated carbocycles. The molecular weight excluding hydrogens is 316 g/mol. The molecule has 2 atom stereocenters. The third kappa shape index (κ3) is 2.86. The summed E-state index contributed by atoms with van der Waals surface area (Å²) in [6.45, 7) is 0.449. The number of hydrogen-bond donors (Lipinski definition) is 0. The van der Waals surface area contributed by atoms with Crippen molar-refractivity contribution < 1.29 is 14.3 Å². The predicted octanol–water partition coefficient (Wildman–Crippen LogP) is 2.25. The van der Waals surface area contributed by atoms with Crippen molar-refractivity contribution in [1.82, 2.24) is 4.90 Å². The van der Waals surface area contributed by atoms with Gasteiger partial charge in [0.1, 0.15) is 17.9 Å². The summed E-state index contributed by atoms with van der Waals surface area (Å²) in [4.78, 5) is 29.1. The summed E-state index contributed by atoms with van der Waals surface area (Å²) in [6, 6.07) is 16.7. The number of para-hydroxylation sites is 2. The Bertz CT molecular complexity index is 806. The van der Waals surface area contributed by atoms with Crippen LogP contribution in [0.4, 0.5) is 5.69 Å². The molecule has 0 N–H and O–H groups in total. The fourth-order valence-corrected chi connectivity index (χ4v) is 3.62. The lowest BCUT2D eigenvalue weighted by Gasteiger charge is -2.29. The van der Waals surface area contributed by atoms with Gasteiger partial charge in [-0.2, -0.15) is 0 Å².